The summed E-state index contributed by atoms with van der Waals surface area (Å²) in [6, 6.07) is 0. The predicted octanol–water partition coefficient (Wildman–Crippen LogP) is 3.82. The summed E-state index contributed by atoms with van der Waals surface area (Å²) in [7, 11) is 0. The summed E-state index contributed by atoms with van der Waals surface area (Å²) in [6.07, 6.45) is 9.07. The van der Waals surface area contributed by atoms with Crippen LogP contribution in [0.4, 0.5) is 0 Å². The lowest BCUT2D eigenvalue weighted by molar-refractivity contribution is -0.130. The number of hydrogen-bond donors (Lipinski definition) is 0. The van der Waals surface area contributed by atoms with Crippen LogP contribution >= 0.6 is 11.6 Å². The van der Waals surface area contributed by atoms with Crippen LogP contribution in [-0.4, -0.2) is 29.8 Å². The molecule has 100 valence electrons. The smallest absolute Gasteiger partial charge is 0.222 e. The molecule has 1 amide bonds. The van der Waals surface area contributed by atoms with Crippen molar-refractivity contribution in [3.63, 3.8) is 0 Å². The van der Waals surface area contributed by atoms with Gasteiger partial charge in [0, 0.05) is 25.4 Å². The molecular weight excluding hydrogens is 234 g/mol. The zero-order valence-electron chi connectivity index (χ0n) is 11.1. The van der Waals surface area contributed by atoms with E-state index in [1.54, 1.807) is 0 Å². The van der Waals surface area contributed by atoms with Gasteiger partial charge in [0.25, 0.3) is 0 Å². The number of halogens is 1. The van der Waals surface area contributed by atoms with Gasteiger partial charge < -0.3 is 4.90 Å². The second-order valence-electron chi connectivity index (χ2n) is 5.14. The molecule has 2 nitrogen and oxygen atoms in total. The van der Waals surface area contributed by atoms with E-state index in [0.717, 1.165) is 44.7 Å². The Bertz CT molecular complexity index is 220. The Morgan fingerprint density at radius 3 is 2.76 bits per heavy atom. The fraction of sp³-hybridized carbons (Fsp3) is 0.929. The minimum atomic E-state index is 0.360. The number of carbonyl (C=O) groups is 1. The Labute approximate surface area is 111 Å². The number of amides is 1. The monoisotopic (exact) mass is 259 g/mol. The van der Waals surface area contributed by atoms with Crippen LogP contribution in [0, 0.1) is 5.92 Å². The largest absolute Gasteiger partial charge is 0.342 e. The average Bonchev–Trinajstić information content (AvgIpc) is 2.78. The summed E-state index contributed by atoms with van der Waals surface area (Å²) in [5, 5.41) is 0. The van der Waals surface area contributed by atoms with Crippen LogP contribution in [0.2, 0.25) is 0 Å². The van der Waals surface area contributed by atoms with Crippen LogP contribution in [0.5, 0.6) is 0 Å². The van der Waals surface area contributed by atoms with Crippen molar-refractivity contribution in [3.8, 4) is 0 Å². The standard InChI is InChI=1S/C14H26ClNO/c1-2-3-4-5-6-7-14(17)16-11-9-13(12-16)8-10-15/h13H,2-12H2,1H3. The first-order valence-electron chi connectivity index (χ1n) is 7.11. The van der Waals surface area contributed by atoms with Gasteiger partial charge in [0.05, 0.1) is 0 Å². The van der Waals surface area contributed by atoms with Gasteiger partial charge in [-0.05, 0) is 25.2 Å². The van der Waals surface area contributed by atoms with Crippen LogP contribution < -0.4 is 0 Å². The van der Waals surface area contributed by atoms with E-state index in [-0.39, 0.29) is 0 Å². The van der Waals surface area contributed by atoms with Gasteiger partial charge in [-0.2, -0.15) is 0 Å². The zero-order valence-corrected chi connectivity index (χ0v) is 11.8. The van der Waals surface area contributed by atoms with E-state index >= 15 is 0 Å². The second-order valence-corrected chi connectivity index (χ2v) is 5.51. The lowest BCUT2D eigenvalue weighted by Gasteiger charge is -2.16. The molecule has 0 radical (unpaired) electrons. The van der Waals surface area contributed by atoms with E-state index in [1.807, 2.05) is 4.90 Å². The fourth-order valence-corrected chi connectivity index (χ4v) is 2.80. The summed E-state index contributed by atoms with van der Waals surface area (Å²) in [5.74, 6) is 1.74. The maximum Gasteiger partial charge on any atom is 0.222 e. The van der Waals surface area contributed by atoms with Gasteiger partial charge in [-0.3, -0.25) is 4.79 Å². The highest BCUT2D eigenvalue weighted by Crippen LogP contribution is 2.21. The third-order valence-corrected chi connectivity index (χ3v) is 3.87. The molecule has 17 heavy (non-hydrogen) atoms. The average molecular weight is 260 g/mol. The summed E-state index contributed by atoms with van der Waals surface area (Å²) < 4.78 is 0. The van der Waals surface area contributed by atoms with Crippen molar-refractivity contribution in [1.29, 1.82) is 0 Å². The number of carbonyl (C=O) groups excluding carboxylic acids is 1. The molecule has 0 N–H and O–H groups in total. The molecule has 0 saturated carbocycles. The summed E-state index contributed by atoms with van der Waals surface area (Å²) >= 11 is 5.74. The molecular formula is C14H26ClNO. The topological polar surface area (TPSA) is 20.3 Å². The first-order chi connectivity index (χ1) is 8.27. The van der Waals surface area contributed by atoms with E-state index in [9.17, 15) is 4.79 Å². The van der Waals surface area contributed by atoms with E-state index in [1.165, 1.54) is 25.7 Å². The lowest BCUT2D eigenvalue weighted by Crippen LogP contribution is -2.28. The van der Waals surface area contributed by atoms with Gasteiger partial charge in [0.15, 0.2) is 0 Å². The Hall–Kier alpha value is -0.240. The Kier molecular flexibility index (Phi) is 7.67. The maximum atomic E-state index is 11.9. The van der Waals surface area contributed by atoms with Gasteiger partial charge in [0.2, 0.25) is 5.91 Å². The maximum absolute atomic E-state index is 11.9. The van der Waals surface area contributed by atoms with Gasteiger partial charge in [-0.25, -0.2) is 0 Å². The van der Waals surface area contributed by atoms with Crippen molar-refractivity contribution in [2.45, 2.75) is 58.3 Å². The molecule has 1 aliphatic rings. The van der Waals surface area contributed by atoms with Crippen molar-refractivity contribution in [3.05, 3.63) is 0 Å². The molecule has 0 spiro atoms. The van der Waals surface area contributed by atoms with E-state index in [4.69, 9.17) is 11.6 Å². The highest BCUT2D eigenvalue weighted by atomic mass is 35.5. The molecule has 0 bridgehead atoms. The van der Waals surface area contributed by atoms with E-state index in [2.05, 4.69) is 6.92 Å². The van der Waals surface area contributed by atoms with Crippen molar-refractivity contribution >= 4 is 17.5 Å². The number of likely N-dealkylation sites (tertiary alicyclic amines) is 1. The quantitative estimate of drug-likeness (QED) is 0.479. The van der Waals surface area contributed by atoms with Gasteiger partial charge in [-0.1, -0.05) is 32.6 Å². The summed E-state index contributed by atoms with van der Waals surface area (Å²) in [4.78, 5) is 14.0. The van der Waals surface area contributed by atoms with Gasteiger partial charge in [-0.15, -0.1) is 11.6 Å². The van der Waals surface area contributed by atoms with Crippen molar-refractivity contribution in [1.82, 2.24) is 4.90 Å². The first-order valence-corrected chi connectivity index (χ1v) is 7.65. The molecule has 0 aromatic heterocycles. The normalized spacial score (nSPS) is 19.9. The van der Waals surface area contributed by atoms with Crippen LogP contribution in [0.3, 0.4) is 0 Å². The minimum absolute atomic E-state index is 0.360. The van der Waals surface area contributed by atoms with Gasteiger partial charge >= 0.3 is 0 Å². The van der Waals surface area contributed by atoms with E-state index < -0.39 is 0 Å². The molecule has 1 rings (SSSR count). The molecule has 1 saturated heterocycles. The zero-order chi connectivity index (χ0) is 12.5. The van der Waals surface area contributed by atoms with E-state index in [0.29, 0.717) is 11.8 Å². The van der Waals surface area contributed by atoms with Crippen LogP contribution in [0.25, 0.3) is 0 Å². The van der Waals surface area contributed by atoms with Crippen molar-refractivity contribution in [2.24, 2.45) is 5.92 Å². The van der Waals surface area contributed by atoms with Crippen LogP contribution in [0.15, 0.2) is 0 Å². The first kappa shape index (κ1) is 14.8. The molecule has 1 aliphatic heterocycles. The third-order valence-electron chi connectivity index (χ3n) is 3.65. The second kappa shape index (κ2) is 8.79. The van der Waals surface area contributed by atoms with Gasteiger partial charge in [0.1, 0.15) is 0 Å². The molecule has 1 fully saturated rings. The van der Waals surface area contributed by atoms with Crippen LogP contribution in [-0.2, 0) is 4.79 Å². The fourth-order valence-electron chi connectivity index (χ4n) is 2.49. The molecule has 0 aromatic carbocycles. The Morgan fingerprint density at radius 2 is 2.06 bits per heavy atom. The number of nitrogens with zero attached hydrogens (tertiary/aromatic N) is 1. The molecule has 1 atom stereocenters. The SMILES string of the molecule is CCCCCCCC(=O)N1CCC(CCCl)C1. The molecule has 1 unspecified atom stereocenters. The number of unbranched alkanes of at least 4 members (excludes halogenated alkanes) is 4. The highest BCUT2D eigenvalue weighted by Gasteiger charge is 2.24. The molecule has 1 heterocycles. The van der Waals surface area contributed by atoms with Crippen molar-refractivity contribution < 1.29 is 4.79 Å². The number of hydrogen-bond acceptors (Lipinski definition) is 1. The third kappa shape index (κ3) is 5.76. The summed E-state index contributed by atoms with van der Waals surface area (Å²) in [5.41, 5.74) is 0. The Morgan fingerprint density at radius 1 is 1.29 bits per heavy atom. The predicted molar refractivity (Wildman–Crippen MR) is 73.4 cm³/mol. The van der Waals surface area contributed by atoms with Crippen molar-refractivity contribution in [2.75, 3.05) is 19.0 Å². The number of rotatable bonds is 8. The molecule has 0 aromatic rings. The Balaban J connectivity index is 2.08. The minimum Gasteiger partial charge on any atom is -0.342 e. The molecule has 3 heteroatoms. The number of alkyl halides is 1. The van der Waals surface area contributed by atoms with Crippen LogP contribution in [0.1, 0.15) is 58.3 Å². The molecule has 0 aliphatic carbocycles. The summed E-state index contributed by atoms with van der Waals surface area (Å²) in [6.45, 7) is 4.11. The highest BCUT2D eigenvalue weighted by molar-refractivity contribution is 6.17. The lowest BCUT2D eigenvalue weighted by atomic mass is 10.1.